The first-order valence-corrected chi connectivity index (χ1v) is 10.7. The van der Waals surface area contributed by atoms with Crippen LogP contribution in [0.5, 0.6) is 0 Å². The maximum atomic E-state index is 11.3. The summed E-state index contributed by atoms with van der Waals surface area (Å²) in [5.41, 5.74) is 7.19. The number of sulfone groups is 1. The third kappa shape index (κ3) is 5.24. The van der Waals surface area contributed by atoms with Crippen LogP contribution < -0.4 is 5.73 Å². The molecule has 2 atom stereocenters. The van der Waals surface area contributed by atoms with Crippen LogP contribution in [0.4, 0.5) is 0 Å². The van der Waals surface area contributed by atoms with Gasteiger partial charge < -0.3 is 20.2 Å². The highest BCUT2D eigenvalue weighted by Crippen LogP contribution is 2.32. The molecular formula is C18H23N5O4S. The molecule has 0 radical (unpaired) electrons. The molecule has 1 aliphatic rings. The second kappa shape index (κ2) is 8.63. The predicted octanol–water partition coefficient (Wildman–Crippen LogP) is 1.53. The average molecular weight is 405 g/mol. The SMILES string of the molecule is CS(=O)(=O)C(N)=NC(=N)c1ncc(C2CCC(COCc3ccccc3)O2)[nH]1. The lowest BCUT2D eigenvalue weighted by molar-refractivity contribution is -0.0215. The molecule has 2 unspecified atom stereocenters. The number of aromatic amines is 1. The molecule has 1 saturated heterocycles. The molecule has 1 aromatic heterocycles. The van der Waals surface area contributed by atoms with Gasteiger partial charge in [-0.05, 0) is 18.4 Å². The fourth-order valence-electron chi connectivity index (χ4n) is 2.80. The quantitative estimate of drug-likeness (QED) is 0.491. The van der Waals surface area contributed by atoms with Crippen LogP contribution in [-0.4, -0.2) is 48.4 Å². The highest BCUT2D eigenvalue weighted by Gasteiger charge is 2.28. The van der Waals surface area contributed by atoms with Crippen molar-refractivity contribution >= 4 is 20.8 Å². The summed E-state index contributed by atoms with van der Waals surface area (Å²) in [6, 6.07) is 9.94. The summed E-state index contributed by atoms with van der Waals surface area (Å²) >= 11 is 0. The summed E-state index contributed by atoms with van der Waals surface area (Å²) in [5.74, 6) is -0.219. The highest BCUT2D eigenvalue weighted by molar-refractivity contribution is 8.05. The fraction of sp³-hybridized carbons (Fsp3) is 0.389. The third-order valence-electron chi connectivity index (χ3n) is 4.29. The Morgan fingerprint density at radius 2 is 2.14 bits per heavy atom. The number of ether oxygens (including phenoxy) is 2. The van der Waals surface area contributed by atoms with Gasteiger partial charge in [-0.3, -0.25) is 5.41 Å². The average Bonchev–Trinajstić information content (AvgIpc) is 3.31. The van der Waals surface area contributed by atoms with Crippen LogP contribution in [0.25, 0.3) is 0 Å². The van der Waals surface area contributed by atoms with Crippen LogP contribution in [0.1, 0.15) is 36.0 Å². The Balaban J connectivity index is 1.52. The van der Waals surface area contributed by atoms with Gasteiger partial charge in [-0.25, -0.2) is 13.4 Å². The zero-order valence-corrected chi connectivity index (χ0v) is 16.3. The number of hydrogen-bond donors (Lipinski definition) is 3. The van der Waals surface area contributed by atoms with Gasteiger partial charge in [0.25, 0.3) is 0 Å². The molecule has 0 aliphatic carbocycles. The van der Waals surface area contributed by atoms with Crippen LogP contribution >= 0.6 is 0 Å². The van der Waals surface area contributed by atoms with Crippen molar-refractivity contribution in [1.82, 2.24) is 9.97 Å². The molecule has 10 heteroatoms. The Bertz CT molecular complexity index is 955. The van der Waals surface area contributed by atoms with E-state index in [9.17, 15) is 8.42 Å². The lowest BCUT2D eigenvalue weighted by Gasteiger charge is -2.13. The molecule has 9 nitrogen and oxygen atoms in total. The normalized spacial score (nSPS) is 20.4. The van der Waals surface area contributed by atoms with Gasteiger partial charge >= 0.3 is 0 Å². The Labute approximate surface area is 163 Å². The lowest BCUT2D eigenvalue weighted by Crippen LogP contribution is -2.24. The van der Waals surface area contributed by atoms with E-state index in [-0.39, 0.29) is 23.9 Å². The molecule has 1 aromatic carbocycles. The molecule has 1 fully saturated rings. The molecule has 0 amide bonds. The molecule has 0 saturated carbocycles. The Hall–Kier alpha value is -2.56. The van der Waals surface area contributed by atoms with Gasteiger partial charge in [-0.2, -0.15) is 4.99 Å². The minimum Gasteiger partial charge on any atom is -0.374 e. The zero-order chi connectivity index (χ0) is 20.1. The number of hydrogen-bond acceptors (Lipinski definition) is 6. The number of imidazole rings is 1. The van der Waals surface area contributed by atoms with E-state index in [4.69, 9.17) is 20.6 Å². The lowest BCUT2D eigenvalue weighted by atomic mass is 10.1. The number of benzene rings is 1. The first-order valence-electron chi connectivity index (χ1n) is 8.78. The molecule has 0 bridgehead atoms. The molecule has 4 N–H and O–H groups in total. The Morgan fingerprint density at radius 1 is 1.39 bits per heavy atom. The summed E-state index contributed by atoms with van der Waals surface area (Å²) in [7, 11) is -3.64. The van der Waals surface area contributed by atoms with Crippen molar-refractivity contribution in [2.75, 3.05) is 12.9 Å². The smallest absolute Gasteiger partial charge is 0.220 e. The van der Waals surface area contributed by atoms with Gasteiger partial charge in [0.15, 0.2) is 11.7 Å². The van der Waals surface area contributed by atoms with Crippen LogP contribution in [0.15, 0.2) is 41.5 Å². The monoisotopic (exact) mass is 405 g/mol. The van der Waals surface area contributed by atoms with Crippen LogP contribution in [0, 0.1) is 5.41 Å². The zero-order valence-electron chi connectivity index (χ0n) is 15.5. The highest BCUT2D eigenvalue weighted by atomic mass is 32.2. The topological polar surface area (TPSA) is 144 Å². The third-order valence-corrected chi connectivity index (χ3v) is 5.14. The molecule has 2 aromatic rings. The number of aromatic nitrogens is 2. The van der Waals surface area contributed by atoms with E-state index in [0.29, 0.717) is 18.9 Å². The van der Waals surface area contributed by atoms with Gasteiger partial charge in [0, 0.05) is 6.26 Å². The summed E-state index contributed by atoms with van der Waals surface area (Å²) in [6.07, 6.45) is 3.94. The van der Waals surface area contributed by atoms with Crippen LogP contribution in [0.2, 0.25) is 0 Å². The van der Waals surface area contributed by atoms with Crippen molar-refractivity contribution in [2.45, 2.75) is 31.7 Å². The van der Waals surface area contributed by atoms with Crippen molar-refractivity contribution in [1.29, 1.82) is 5.41 Å². The first-order chi connectivity index (χ1) is 13.3. The number of amidine groups is 2. The van der Waals surface area contributed by atoms with Crippen LogP contribution in [0.3, 0.4) is 0 Å². The molecule has 2 heterocycles. The van der Waals surface area contributed by atoms with E-state index in [0.717, 1.165) is 24.7 Å². The number of rotatable bonds is 6. The second-order valence-corrected chi connectivity index (χ2v) is 8.55. The van der Waals surface area contributed by atoms with E-state index in [1.165, 1.54) is 0 Å². The van der Waals surface area contributed by atoms with Gasteiger partial charge in [0.05, 0.1) is 37.3 Å². The number of H-pyrrole nitrogens is 1. The molecule has 1 aliphatic heterocycles. The number of nitrogens with one attached hydrogen (secondary N) is 2. The van der Waals surface area contributed by atoms with Gasteiger partial charge in [0.2, 0.25) is 15.0 Å². The van der Waals surface area contributed by atoms with Gasteiger partial charge in [0.1, 0.15) is 0 Å². The van der Waals surface area contributed by atoms with Crippen molar-refractivity contribution in [3.63, 3.8) is 0 Å². The molecular weight excluding hydrogens is 382 g/mol. The summed E-state index contributed by atoms with van der Waals surface area (Å²) in [5, 5.41) is 7.23. The largest absolute Gasteiger partial charge is 0.374 e. The molecule has 150 valence electrons. The van der Waals surface area contributed by atoms with Crippen molar-refractivity contribution in [2.24, 2.45) is 10.7 Å². The number of nitrogens with two attached hydrogens (primary N) is 1. The maximum Gasteiger partial charge on any atom is 0.220 e. The Morgan fingerprint density at radius 3 is 2.86 bits per heavy atom. The number of aliphatic imine (C=N–C) groups is 1. The second-order valence-electron chi connectivity index (χ2n) is 6.58. The van der Waals surface area contributed by atoms with E-state index in [1.54, 1.807) is 6.20 Å². The molecule has 3 rings (SSSR count). The maximum absolute atomic E-state index is 11.3. The fourth-order valence-corrected chi connectivity index (χ4v) is 3.06. The van der Waals surface area contributed by atoms with Crippen molar-refractivity contribution in [3.8, 4) is 0 Å². The predicted molar refractivity (Wildman–Crippen MR) is 105 cm³/mol. The minimum atomic E-state index is -3.64. The summed E-state index contributed by atoms with van der Waals surface area (Å²) in [6.45, 7) is 1.04. The first kappa shape index (κ1) is 20.2. The Kier molecular flexibility index (Phi) is 6.22. The van der Waals surface area contributed by atoms with Crippen molar-refractivity contribution in [3.05, 3.63) is 53.6 Å². The summed E-state index contributed by atoms with van der Waals surface area (Å²) < 4.78 is 34.3. The summed E-state index contributed by atoms with van der Waals surface area (Å²) in [4.78, 5) is 10.6. The molecule has 0 spiro atoms. The van der Waals surface area contributed by atoms with Crippen LogP contribution in [-0.2, 0) is 25.9 Å². The van der Waals surface area contributed by atoms with E-state index >= 15 is 0 Å². The molecule has 28 heavy (non-hydrogen) atoms. The van der Waals surface area contributed by atoms with E-state index < -0.39 is 15.0 Å². The van der Waals surface area contributed by atoms with Gasteiger partial charge in [-0.15, -0.1) is 0 Å². The number of nitrogens with zero attached hydrogens (tertiary/aromatic N) is 2. The van der Waals surface area contributed by atoms with E-state index in [2.05, 4.69) is 15.0 Å². The minimum absolute atomic E-state index is 0.0150. The standard InChI is InChI=1S/C18H23N5O4S/c1-28(24,25)18(20)23-16(19)17-21-9-14(22-17)15-8-7-13(27-15)11-26-10-12-5-3-2-4-6-12/h2-6,9,13,15H,7-8,10-11H2,1H3,(H,21,22)(H3,19,20,23). The van der Waals surface area contributed by atoms with Gasteiger partial charge in [-0.1, -0.05) is 30.3 Å². The van der Waals surface area contributed by atoms with E-state index in [1.807, 2.05) is 30.3 Å². The van der Waals surface area contributed by atoms with Crippen molar-refractivity contribution < 1.29 is 17.9 Å².